The lowest BCUT2D eigenvalue weighted by molar-refractivity contribution is 0.0783. The Morgan fingerprint density at radius 1 is 1.19 bits per heavy atom. The van der Waals surface area contributed by atoms with Crippen molar-refractivity contribution in [2.45, 2.75) is 13.5 Å². The van der Waals surface area contributed by atoms with E-state index in [1.165, 1.54) is 0 Å². The number of amides is 1. The molecule has 0 aliphatic rings. The summed E-state index contributed by atoms with van der Waals surface area (Å²) in [4.78, 5) is 14.6. The molecule has 0 spiro atoms. The highest BCUT2D eigenvalue weighted by molar-refractivity contribution is 6.31. The van der Waals surface area contributed by atoms with Crippen LogP contribution in [0.5, 0.6) is 5.75 Å². The van der Waals surface area contributed by atoms with E-state index in [0.29, 0.717) is 27.9 Å². The first-order valence-corrected chi connectivity index (χ1v) is 9.04. The van der Waals surface area contributed by atoms with Crippen LogP contribution in [0.3, 0.4) is 0 Å². The molecule has 140 valence electrons. The number of rotatable bonds is 5. The standard InChI is InChI=1S/C20H19Cl2N3O2/c1-13-18(11-23-25(13)17-6-4-5-15(21)10-17)20(26)24(2)12-14-9-16(22)7-8-19(14)27-3/h4-11H,12H2,1-3H3. The van der Waals surface area contributed by atoms with Crippen LogP contribution in [0, 0.1) is 6.92 Å². The average molecular weight is 404 g/mol. The number of carbonyl (C=O) groups is 1. The van der Waals surface area contributed by atoms with Gasteiger partial charge in [-0.15, -0.1) is 0 Å². The molecule has 1 amide bonds. The summed E-state index contributed by atoms with van der Waals surface area (Å²) < 4.78 is 7.06. The van der Waals surface area contributed by atoms with Crippen molar-refractivity contribution < 1.29 is 9.53 Å². The Hall–Kier alpha value is -2.50. The minimum atomic E-state index is -0.136. The Balaban J connectivity index is 1.85. The van der Waals surface area contributed by atoms with Crippen molar-refractivity contribution >= 4 is 29.1 Å². The molecule has 0 saturated carbocycles. The molecule has 0 saturated heterocycles. The number of methoxy groups -OCH3 is 1. The van der Waals surface area contributed by atoms with Crippen LogP contribution in [-0.4, -0.2) is 34.7 Å². The van der Waals surface area contributed by atoms with Gasteiger partial charge in [-0.3, -0.25) is 4.79 Å². The highest BCUT2D eigenvalue weighted by Gasteiger charge is 2.20. The van der Waals surface area contributed by atoms with Crippen LogP contribution < -0.4 is 4.74 Å². The van der Waals surface area contributed by atoms with Gasteiger partial charge in [0.2, 0.25) is 0 Å². The van der Waals surface area contributed by atoms with Crippen molar-refractivity contribution in [2.24, 2.45) is 0 Å². The number of carbonyl (C=O) groups excluding carboxylic acids is 1. The number of benzene rings is 2. The molecule has 1 aromatic heterocycles. The number of aromatic nitrogens is 2. The SMILES string of the molecule is COc1ccc(Cl)cc1CN(C)C(=O)c1cnn(-c2cccc(Cl)c2)c1C. The smallest absolute Gasteiger partial charge is 0.257 e. The summed E-state index contributed by atoms with van der Waals surface area (Å²) in [5, 5.41) is 5.56. The first-order chi connectivity index (χ1) is 12.9. The van der Waals surface area contributed by atoms with Crippen molar-refractivity contribution in [3.05, 3.63) is 75.5 Å². The Morgan fingerprint density at radius 2 is 1.93 bits per heavy atom. The molecule has 3 rings (SSSR count). The van der Waals surface area contributed by atoms with Crippen LogP contribution in [0.1, 0.15) is 21.6 Å². The molecule has 0 unspecified atom stereocenters. The number of ether oxygens (including phenoxy) is 1. The van der Waals surface area contributed by atoms with Crippen molar-refractivity contribution in [3.8, 4) is 11.4 Å². The maximum absolute atomic E-state index is 12.9. The fourth-order valence-corrected chi connectivity index (χ4v) is 3.27. The molecular weight excluding hydrogens is 385 g/mol. The number of nitrogens with zero attached hydrogens (tertiary/aromatic N) is 3. The molecule has 0 atom stereocenters. The van der Waals surface area contributed by atoms with Crippen LogP contribution in [0.15, 0.2) is 48.7 Å². The molecule has 0 bridgehead atoms. The zero-order valence-corrected chi connectivity index (χ0v) is 16.8. The van der Waals surface area contributed by atoms with E-state index in [-0.39, 0.29) is 5.91 Å². The topological polar surface area (TPSA) is 47.4 Å². The van der Waals surface area contributed by atoms with Gasteiger partial charge in [0, 0.05) is 29.2 Å². The summed E-state index contributed by atoms with van der Waals surface area (Å²) in [5.41, 5.74) is 2.91. The van der Waals surface area contributed by atoms with Gasteiger partial charge in [0.05, 0.1) is 30.3 Å². The van der Waals surface area contributed by atoms with Gasteiger partial charge in [0.15, 0.2) is 0 Å². The lowest BCUT2D eigenvalue weighted by atomic mass is 10.1. The second-order valence-electron chi connectivity index (χ2n) is 6.15. The van der Waals surface area contributed by atoms with Crippen molar-refractivity contribution in [3.63, 3.8) is 0 Å². The van der Waals surface area contributed by atoms with E-state index < -0.39 is 0 Å². The average Bonchev–Trinajstić information content (AvgIpc) is 3.02. The molecule has 2 aromatic carbocycles. The van der Waals surface area contributed by atoms with Crippen LogP contribution in [-0.2, 0) is 6.54 Å². The zero-order chi connectivity index (χ0) is 19.6. The monoisotopic (exact) mass is 403 g/mol. The van der Waals surface area contributed by atoms with Crippen molar-refractivity contribution in [1.82, 2.24) is 14.7 Å². The second kappa shape index (κ2) is 8.03. The molecule has 1 heterocycles. The van der Waals surface area contributed by atoms with Crippen LogP contribution >= 0.6 is 23.2 Å². The van der Waals surface area contributed by atoms with Gasteiger partial charge < -0.3 is 9.64 Å². The van der Waals surface area contributed by atoms with E-state index in [0.717, 1.165) is 16.9 Å². The van der Waals surface area contributed by atoms with Gasteiger partial charge in [-0.1, -0.05) is 29.3 Å². The van der Waals surface area contributed by atoms with Gasteiger partial charge in [0.25, 0.3) is 5.91 Å². The molecular formula is C20H19Cl2N3O2. The van der Waals surface area contributed by atoms with Gasteiger partial charge in [0.1, 0.15) is 5.75 Å². The van der Waals surface area contributed by atoms with E-state index in [1.807, 2.05) is 19.1 Å². The molecule has 7 heteroatoms. The lowest BCUT2D eigenvalue weighted by Gasteiger charge is -2.19. The Morgan fingerprint density at radius 3 is 2.63 bits per heavy atom. The van der Waals surface area contributed by atoms with Crippen LogP contribution in [0.4, 0.5) is 0 Å². The highest BCUT2D eigenvalue weighted by Crippen LogP contribution is 2.25. The van der Waals surface area contributed by atoms with Crippen LogP contribution in [0.2, 0.25) is 10.0 Å². The predicted octanol–water partition coefficient (Wildman–Crippen LogP) is 4.77. The normalized spacial score (nSPS) is 10.7. The first kappa shape index (κ1) is 19.3. The first-order valence-electron chi connectivity index (χ1n) is 8.29. The largest absolute Gasteiger partial charge is 0.496 e. The van der Waals surface area contributed by atoms with E-state index in [9.17, 15) is 4.79 Å². The van der Waals surface area contributed by atoms with Crippen LogP contribution in [0.25, 0.3) is 5.69 Å². The lowest BCUT2D eigenvalue weighted by Crippen LogP contribution is -2.26. The van der Waals surface area contributed by atoms with Crippen molar-refractivity contribution in [2.75, 3.05) is 14.2 Å². The third-order valence-corrected chi connectivity index (χ3v) is 4.76. The molecule has 5 nitrogen and oxygen atoms in total. The third kappa shape index (κ3) is 4.10. The van der Waals surface area contributed by atoms with E-state index in [1.54, 1.807) is 60.3 Å². The Bertz CT molecular complexity index is 985. The number of hydrogen-bond donors (Lipinski definition) is 0. The Labute approximate surface area is 168 Å². The van der Waals surface area contributed by atoms with Gasteiger partial charge in [-0.2, -0.15) is 5.10 Å². The summed E-state index contributed by atoms with van der Waals surface area (Å²) in [6.07, 6.45) is 1.57. The molecule has 0 radical (unpaired) electrons. The Kier molecular flexibility index (Phi) is 5.73. The molecule has 27 heavy (non-hydrogen) atoms. The third-order valence-electron chi connectivity index (χ3n) is 4.29. The molecule has 0 N–H and O–H groups in total. The van der Waals surface area contributed by atoms with E-state index >= 15 is 0 Å². The molecule has 0 aliphatic carbocycles. The summed E-state index contributed by atoms with van der Waals surface area (Å²) in [7, 11) is 3.33. The maximum Gasteiger partial charge on any atom is 0.257 e. The van der Waals surface area contributed by atoms with Gasteiger partial charge in [-0.05, 0) is 43.3 Å². The molecule has 0 fully saturated rings. The minimum Gasteiger partial charge on any atom is -0.496 e. The predicted molar refractivity (Wildman–Crippen MR) is 107 cm³/mol. The van der Waals surface area contributed by atoms with E-state index in [4.69, 9.17) is 27.9 Å². The minimum absolute atomic E-state index is 0.136. The van der Waals surface area contributed by atoms with Gasteiger partial charge >= 0.3 is 0 Å². The highest BCUT2D eigenvalue weighted by atomic mass is 35.5. The quantitative estimate of drug-likeness (QED) is 0.616. The summed E-state index contributed by atoms with van der Waals surface area (Å²) in [6, 6.07) is 12.7. The summed E-state index contributed by atoms with van der Waals surface area (Å²) in [5.74, 6) is 0.549. The number of halogens is 2. The van der Waals surface area contributed by atoms with E-state index in [2.05, 4.69) is 5.10 Å². The molecule has 0 aliphatic heterocycles. The summed E-state index contributed by atoms with van der Waals surface area (Å²) in [6.45, 7) is 2.22. The second-order valence-corrected chi connectivity index (χ2v) is 7.03. The fourth-order valence-electron chi connectivity index (χ4n) is 2.89. The van der Waals surface area contributed by atoms with Gasteiger partial charge in [-0.25, -0.2) is 4.68 Å². The number of hydrogen-bond acceptors (Lipinski definition) is 3. The maximum atomic E-state index is 12.9. The van der Waals surface area contributed by atoms with Crippen molar-refractivity contribution in [1.29, 1.82) is 0 Å². The molecule has 3 aromatic rings. The fraction of sp³-hybridized carbons (Fsp3) is 0.200. The zero-order valence-electron chi connectivity index (χ0n) is 15.2. The summed E-state index contributed by atoms with van der Waals surface area (Å²) >= 11 is 12.1.